The zero-order valence-corrected chi connectivity index (χ0v) is 12.1. The molecule has 1 amide bonds. The number of hydrogen-bond donors (Lipinski definition) is 1. The molecular formula is C15H9BrClNO. The number of hydrogen-bond acceptors (Lipinski definition) is 1. The van der Waals surface area contributed by atoms with E-state index in [1.54, 1.807) is 12.1 Å². The second-order valence-electron chi connectivity index (χ2n) is 4.22. The lowest BCUT2D eigenvalue weighted by molar-refractivity contribution is -0.110. The van der Waals surface area contributed by atoms with E-state index in [9.17, 15) is 4.79 Å². The van der Waals surface area contributed by atoms with Crippen molar-refractivity contribution < 1.29 is 4.79 Å². The Kier molecular flexibility index (Phi) is 3.17. The molecule has 0 spiro atoms. The number of rotatable bonds is 1. The van der Waals surface area contributed by atoms with Crippen LogP contribution in [0, 0.1) is 0 Å². The summed E-state index contributed by atoms with van der Waals surface area (Å²) in [5.41, 5.74) is 3.23. The van der Waals surface area contributed by atoms with Crippen LogP contribution in [-0.4, -0.2) is 5.91 Å². The van der Waals surface area contributed by atoms with Crippen LogP contribution < -0.4 is 5.32 Å². The third-order valence-corrected chi connectivity index (χ3v) is 3.93. The minimum Gasteiger partial charge on any atom is -0.321 e. The Labute approximate surface area is 124 Å². The van der Waals surface area contributed by atoms with Crippen LogP contribution in [0.3, 0.4) is 0 Å². The lowest BCUT2D eigenvalue weighted by Gasteiger charge is -2.01. The summed E-state index contributed by atoms with van der Waals surface area (Å²) in [5.74, 6) is -0.104. The fourth-order valence-electron chi connectivity index (χ4n) is 2.05. The summed E-state index contributed by atoms with van der Waals surface area (Å²) < 4.78 is 0.950. The molecular weight excluding hydrogens is 326 g/mol. The van der Waals surface area contributed by atoms with Crippen molar-refractivity contribution >= 4 is 50.8 Å². The summed E-state index contributed by atoms with van der Waals surface area (Å²) in [6, 6.07) is 13.1. The van der Waals surface area contributed by atoms with E-state index < -0.39 is 0 Å². The Bertz CT molecular complexity index is 709. The molecule has 2 nitrogen and oxygen atoms in total. The monoisotopic (exact) mass is 333 g/mol. The third-order valence-electron chi connectivity index (χ3n) is 2.97. The largest absolute Gasteiger partial charge is 0.321 e. The van der Waals surface area contributed by atoms with Crippen molar-refractivity contribution in [2.24, 2.45) is 0 Å². The Morgan fingerprint density at radius 1 is 1.16 bits per heavy atom. The summed E-state index contributed by atoms with van der Waals surface area (Å²) in [7, 11) is 0. The molecule has 94 valence electrons. The average Bonchev–Trinajstić information content (AvgIpc) is 2.69. The minimum absolute atomic E-state index is 0.104. The number of halogens is 2. The summed E-state index contributed by atoms with van der Waals surface area (Å²) in [6.07, 6.45) is 1.86. The van der Waals surface area contributed by atoms with E-state index in [4.69, 9.17) is 11.6 Å². The van der Waals surface area contributed by atoms with Crippen LogP contribution in [0.5, 0.6) is 0 Å². The average molecular weight is 335 g/mol. The van der Waals surface area contributed by atoms with Gasteiger partial charge in [0.05, 0.1) is 0 Å². The van der Waals surface area contributed by atoms with Crippen LogP contribution in [0.2, 0.25) is 5.02 Å². The van der Waals surface area contributed by atoms with Gasteiger partial charge in [0.15, 0.2) is 0 Å². The lowest BCUT2D eigenvalue weighted by Crippen LogP contribution is -2.03. The Balaban J connectivity index is 2.14. The van der Waals surface area contributed by atoms with Crippen molar-refractivity contribution in [3.05, 3.63) is 63.1 Å². The first-order valence-electron chi connectivity index (χ1n) is 5.72. The molecule has 0 aliphatic carbocycles. The van der Waals surface area contributed by atoms with Gasteiger partial charge < -0.3 is 5.32 Å². The summed E-state index contributed by atoms with van der Waals surface area (Å²) in [6.45, 7) is 0. The fourth-order valence-corrected chi connectivity index (χ4v) is 2.62. The summed E-state index contributed by atoms with van der Waals surface area (Å²) >= 11 is 9.47. The smallest absolute Gasteiger partial charge is 0.256 e. The minimum atomic E-state index is -0.104. The Morgan fingerprint density at radius 2 is 1.95 bits per heavy atom. The molecule has 4 heteroatoms. The highest BCUT2D eigenvalue weighted by atomic mass is 79.9. The first-order chi connectivity index (χ1) is 9.15. The molecule has 0 radical (unpaired) electrons. The van der Waals surface area contributed by atoms with Crippen LogP contribution >= 0.6 is 27.5 Å². The van der Waals surface area contributed by atoms with Crippen molar-refractivity contribution in [1.82, 2.24) is 0 Å². The van der Waals surface area contributed by atoms with Crippen molar-refractivity contribution in [2.45, 2.75) is 0 Å². The van der Waals surface area contributed by atoms with Crippen molar-refractivity contribution in [1.29, 1.82) is 0 Å². The second-order valence-corrected chi connectivity index (χ2v) is 5.51. The number of carbonyl (C=O) groups excluding carboxylic acids is 1. The number of benzene rings is 2. The van der Waals surface area contributed by atoms with Crippen molar-refractivity contribution in [3.8, 4) is 0 Å². The Morgan fingerprint density at radius 3 is 2.74 bits per heavy atom. The molecule has 1 aliphatic rings. The first-order valence-corrected chi connectivity index (χ1v) is 6.90. The molecule has 0 saturated heterocycles. The van der Waals surface area contributed by atoms with Gasteiger partial charge in [0.25, 0.3) is 5.91 Å². The highest BCUT2D eigenvalue weighted by Gasteiger charge is 2.24. The van der Waals surface area contributed by atoms with Gasteiger partial charge in [-0.1, -0.05) is 45.7 Å². The van der Waals surface area contributed by atoms with Gasteiger partial charge in [-0.25, -0.2) is 0 Å². The van der Waals surface area contributed by atoms with Crippen LogP contribution in [0.1, 0.15) is 11.1 Å². The SMILES string of the molecule is O=C1Nc2ccc(Cl)cc2C1=Cc1ccccc1Br. The van der Waals surface area contributed by atoms with Crippen molar-refractivity contribution in [2.75, 3.05) is 5.32 Å². The number of anilines is 1. The quantitative estimate of drug-likeness (QED) is 0.759. The van der Waals surface area contributed by atoms with E-state index >= 15 is 0 Å². The predicted octanol–water partition coefficient (Wildman–Crippen LogP) is 4.60. The highest BCUT2D eigenvalue weighted by molar-refractivity contribution is 9.10. The van der Waals surface area contributed by atoms with Gasteiger partial charge in [-0.3, -0.25) is 4.79 Å². The normalized spacial score (nSPS) is 15.5. The number of nitrogens with one attached hydrogen (secondary N) is 1. The number of fused-ring (bicyclic) bond motifs is 1. The Hall–Kier alpha value is -1.58. The standard InChI is InChI=1S/C15H9BrClNO/c16-13-4-2-1-3-9(13)7-12-11-8-10(17)5-6-14(11)18-15(12)19/h1-8H,(H,18,19). The topological polar surface area (TPSA) is 29.1 Å². The van der Waals surface area contributed by atoms with Gasteiger partial charge in [0.1, 0.15) is 0 Å². The predicted molar refractivity (Wildman–Crippen MR) is 82.1 cm³/mol. The molecule has 0 aromatic heterocycles. The van der Waals surface area contributed by atoms with Crippen LogP contribution in [0.25, 0.3) is 11.6 Å². The van der Waals surface area contributed by atoms with E-state index in [1.165, 1.54) is 0 Å². The summed E-state index contributed by atoms with van der Waals surface area (Å²) in [5, 5.41) is 3.45. The van der Waals surface area contributed by atoms with Crippen LogP contribution in [-0.2, 0) is 4.79 Å². The van der Waals surface area contributed by atoms with Crippen LogP contribution in [0.15, 0.2) is 46.9 Å². The second kappa shape index (κ2) is 4.83. The molecule has 2 aromatic rings. The van der Waals surface area contributed by atoms with E-state index in [-0.39, 0.29) is 5.91 Å². The van der Waals surface area contributed by atoms with Gasteiger partial charge in [-0.05, 0) is 35.9 Å². The molecule has 0 atom stereocenters. The molecule has 0 fully saturated rings. The number of amides is 1. The lowest BCUT2D eigenvalue weighted by atomic mass is 10.0. The van der Waals surface area contributed by atoms with E-state index in [0.29, 0.717) is 10.6 Å². The zero-order chi connectivity index (χ0) is 13.4. The van der Waals surface area contributed by atoms with Gasteiger partial charge in [0, 0.05) is 26.3 Å². The number of carbonyl (C=O) groups is 1. The molecule has 19 heavy (non-hydrogen) atoms. The molecule has 1 aliphatic heterocycles. The maximum absolute atomic E-state index is 12.0. The molecule has 1 N–H and O–H groups in total. The molecule has 0 unspecified atom stereocenters. The van der Waals surface area contributed by atoms with E-state index in [0.717, 1.165) is 21.3 Å². The maximum Gasteiger partial charge on any atom is 0.256 e. The van der Waals surface area contributed by atoms with Gasteiger partial charge in [-0.15, -0.1) is 0 Å². The highest BCUT2D eigenvalue weighted by Crippen LogP contribution is 2.35. The first kappa shape index (κ1) is 12.5. The third kappa shape index (κ3) is 2.31. The molecule has 3 rings (SSSR count). The molecule has 1 heterocycles. The zero-order valence-electron chi connectivity index (χ0n) is 9.78. The van der Waals surface area contributed by atoms with Crippen LogP contribution in [0.4, 0.5) is 5.69 Å². The maximum atomic E-state index is 12.0. The van der Waals surface area contributed by atoms with Gasteiger partial charge >= 0.3 is 0 Å². The summed E-state index contributed by atoms with van der Waals surface area (Å²) in [4.78, 5) is 12.0. The fraction of sp³-hybridized carbons (Fsp3) is 0. The van der Waals surface area contributed by atoms with E-state index in [2.05, 4.69) is 21.2 Å². The van der Waals surface area contributed by atoms with Crippen molar-refractivity contribution in [3.63, 3.8) is 0 Å². The van der Waals surface area contributed by atoms with E-state index in [1.807, 2.05) is 36.4 Å². The van der Waals surface area contributed by atoms with Gasteiger partial charge in [0.2, 0.25) is 0 Å². The molecule has 0 saturated carbocycles. The molecule has 0 bridgehead atoms. The van der Waals surface area contributed by atoms with Gasteiger partial charge in [-0.2, -0.15) is 0 Å². The molecule has 2 aromatic carbocycles.